The second-order valence-corrected chi connectivity index (χ2v) is 5.31. The minimum absolute atomic E-state index is 0.224. The second-order valence-electron chi connectivity index (χ2n) is 3.02. The molecule has 0 saturated heterocycles. The van der Waals surface area contributed by atoms with Crippen molar-refractivity contribution in [2.45, 2.75) is 6.54 Å². The number of likely N-dealkylation sites (N-methyl/N-ethyl adjacent to an activating group) is 1. The van der Waals surface area contributed by atoms with Crippen molar-refractivity contribution in [2.24, 2.45) is 10.9 Å². The van der Waals surface area contributed by atoms with Crippen LogP contribution in [0.2, 0.25) is 0 Å². The molecular formula is C8H12BrN3OS. The summed E-state index contributed by atoms with van der Waals surface area (Å²) < 4.78 is 1.12. The first kappa shape index (κ1) is 11.5. The highest BCUT2D eigenvalue weighted by molar-refractivity contribution is 9.11. The van der Waals surface area contributed by atoms with Gasteiger partial charge in [0.2, 0.25) is 0 Å². The van der Waals surface area contributed by atoms with Crippen molar-refractivity contribution in [2.75, 3.05) is 13.6 Å². The van der Waals surface area contributed by atoms with Crippen molar-refractivity contribution in [3.05, 3.63) is 20.8 Å². The highest BCUT2D eigenvalue weighted by Crippen LogP contribution is 2.21. The molecule has 0 spiro atoms. The van der Waals surface area contributed by atoms with E-state index >= 15 is 0 Å². The van der Waals surface area contributed by atoms with Crippen LogP contribution in [0.25, 0.3) is 0 Å². The number of nitrogens with zero attached hydrogens (tertiary/aromatic N) is 2. The van der Waals surface area contributed by atoms with Crippen LogP contribution < -0.4 is 5.73 Å². The SMILES string of the molecule is CN(CC(N)=NO)Cc1csc(Br)c1. The predicted molar refractivity (Wildman–Crippen MR) is 61.8 cm³/mol. The number of hydrogen-bond donors (Lipinski definition) is 2. The molecule has 1 heterocycles. The fourth-order valence-electron chi connectivity index (χ4n) is 1.10. The van der Waals surface area contributed by atoms with Gasteiger partial charge >= 0.3 is 0 Å². The zero-order valence-corrected chi connectivity index (χ0v) is 10.2. The molecule has 78 valence electrons. The lowest BCUT2D eigenvalue weighted by molar-refractivity contribution is 0.308. The molecule has 0 aromatic carbocycles. The van der Waals surface area contributed by atoms with E-state index in [0.717, 1.165) is 10.3 Å². The van der Waals surface area contributed by atoms with Gasteiger partial charge in [0.25, 0.3) is 0 Å². The second kappa shape index (κ2) is 5.33. The van der Waals surface area contributed by atoms with E-state index < -0.39 is 0 Å². The molecule has 0 saturated carbocycles. The maximum absolute atomic E-state index is 8.38. The minimum Gasteiger partial charge on any atom is -0.409 e. The number of hydrogen-bond acceptors (Lipinski definition) is 4. The van der Waals surface area contributed by atoms with Crippen molar-refractivity contribution < 1.29 is 5.21 Å². The Balaban J connectivity index is 2.45. The van der Waals surface area contributed by atoms with Crippen LogP contribution >= 0.6 is 27.3 Å². The molecule has 4 nitrogen and oxygen atoms in total. The molecule has 0 atom stereocenters. The number of halogens is 1. The lowest BCUT2D eigenvalue weighted by Gasteiger charge is -2.14. The Kier molecular flexibility index (Phi) is 4.37. The Labute approximate surface area is 95.1 Å². The molecule has 0 amide bonds. The van der Waals surface area contributed by atoms with Gasteiger partial charge in [-0.25, -0.2) is 0 Å². The number of amidine groups is 1. The molecule has 0 bridgehead atoms. The van der Waals surface area contributed by atoms with Crippen molar-refractivity contribution in [3.63, 3.8) is 0 Å². The van der Waals surface area contributed by atoms with Crippen LogP contribution in [-0.2, 0) is 6.54 Å². The summed E-state index contributed by atoms with van der Waals surface area (Å²) in [6.07, 6.45) is 0. The quantitative estimate of drug-likeness (QED) is 0.381. The predicted octanol–water partition coefficient (Wildman–Crippen LogP) is 1.69. The van der Waals surface area contributed by atoms with E-state index in [-0.39, 0.29) is 5.84 Å². The number of nitrogens with two attached hydrogens (primary N) is 1. The van der Waals surface area contributed by atoms with Gasteiger partial charge in [0.05, 0.1) is 10.3 Å². The molecule has 0 aliphatic heterocycles. The molecule has 1 aromatic rings. The van der Waals surface area contributed by atoms with E-state index in [4.69, 9.17) is 10.9 Å². The molecule has 1 aromatic heterocycles. The Morgan fingerprint density at radius 2 is 2.50 bits per heavy atom. The van der Waals surface area contributed by atoms with Crippen LogP contribution in [0.3, 0.4) is 0 Å². The highest BCUT2D eigenvalue weighted by atomic mass is 79.9. The molecular weight excluding hydrogens is 266 g/mol. The third kappa shape index (κ3) is 3.65. The average Bonchev–Trinajstić information content (AvgIpc) is 2.50. The largest absolute Gasteiger partial charge is 0.409 e. The zero-order valence-electron chi connectivity index (χ0n) is 7.77. The third-order valence-electron chi connectivity index (χ3n) is 1.63. The number of oxime groups is 1. The summed E-state index contributed by atoms with van der Waals surface area (Å²) in [6, 6.07) is 2.06. The van der Waals surface area contributed by atoms with Crippen molar-refractivity contribution in [3.8, 4) is 0 Å². The summed E-state index contributed by atoms with van der Waals surface area (Å²) in [7, 11) is 1.92. The molecule has 0 unspecified atom stereocenters. The van der Waals surface area contributed by atoms with Gasteiger partial charge in [-0.05, 0) is 40.0 Å². The summed E-state index contributed by atoms with van der Waals surface area (Å²) >= 11 is 5.05. The van der Waals surface area contributed by atoms with Gasteiger partial charge in [0.15, 0.2) is 5.84 Å². The van der Waals surface area contributed by atoms with E-state index in [9.17, 15) is 0 Å². The first-order valence-electron chi connectivity index (χ1n) is 3.99. The monoisotopic (exact) mass is 277 g/mol. The van der Waals surface area contributed by atoms with Gasteiger partial charge in [-0.15, -0.1) is 11.3 Å². The van der Waals surface area contributed by atoms with Gasteiger partial charge in [-0.3, -0.25) is 4.90 Å². The molecule has 0 aliphatic carbocycles. The fraction of sp³-hybridized carbons (Fsp3) is 0.375. The summed E-state index contributed by atoms with van der Waals surface area (Å²) in [5, 5.41) is 13.4. The molecule has 1 rings (SSSR count). The maximum Gasteiger partial charge on any atom is 0.153 e. The van der Waals surface area contributed by atoms with E-state index in [1.807, 2.05) is 11.9 Å². The van der Waals surface area contributed by atoms with Crippen LogP contribution in [-0.4, -0.2) is 29.5 Å². The first-order chi connectivity index (χ1) is 6.61. The Morgan fingerprint density at radius 3 is 3.00 bits per heavy atom. The van der Waals surface area contributed by atoms with Crippen molar-refractivity contribution in [1.29, 1.82) is 0 Å². The van der Waals surface area contributed by atoms with Crippen LogP contribution in [0.15, 0.2) is 20.4 Å². The van der Waals surface area contributed by atoms with Crippen LogP contribution in [0.5, 0.6) is 0 Å². The summed E-state index contributed by atoms with van der Waals surface area (Å²) in [6.45, 7) is 1.25. The Morgan fingerprint density at radius 1 is 1.79 bits per heavy atom. The standard InChI is InChI=1S/C8H12BrN3OS/c1-12(4-8(10)11-13)3-6-2-7(9)14-5-6/h2,5,13H,3-4H2,1H3,(H2,10,11). The van der Waals surface area contributed by atoms with Crippen molar-refractivity contribution >= 4 is 33.1 Å². The summed E-state index contributed by atoms with van der Waals surface area (Å²) in [4.78, 5) is 1.98. The number of rotatable bonds is 4. The number of thiophene rings is 1. The molecule has 14 heavy (non-hydrogen) atoms. The Bertz CT molecular complexity index is 326. The van der Waals surface area contributed by atoms with Gasteiger partial charge in [-0.2, -0.15) is 0 Å². The van der Waals surface area contributed by atoms with Gasteiger partial charge in [-0.1, -0.05) is 5.16 Å². The highest BCUT2D eigenvalue weighted by Gasteiger charge is 2.04. The summed E-state index contributed by atoms with van der Waals surface area (Å²) in [5.41, 5.74) is 6.60. The fourth-order valence-corrected chi connectivity index (χ4v) is 2.30. The zero-order chi connectivity index (χ0) is 10.6. The van der Waals surface area contributed by atoms with E-state index in [1.165, 1.54) is 5.56 Å². The van der Waals surface area contributed by atoms with Gasteiger partial charge in [0.1, 0.15) is 0 Å². The van der Waals surface area contributed by atoms with Crippen LogP contribution in [0, 0.1) is 0 Å². The van der Waals surface area contributed by atoms with Crippen molar-refractivity contribution in [1.82, 2.24) is 4.90 Å². The smallest absolute Gasteiger partial charge is 0.153 e. The van der Waals surface area contributed by atoms with E-state index in [2.05, 4.69) is 32.5 Å². The summed E-state index contributed by atoms with van der Waals surface area (Å²) in [5.74, 6) is 0.224. The lowest BCUT2D eigenvalue weighted by Crippen LogP contribution is -2.30. The van der Waals surface area contributed by atoms with E-state index in [0.29, 0.717) is 6.54 Å². The average molecular weight is 278 g/mol. The lowest BCUT2D eigenvalue weighted by atomic mass is 10.3. The molecule has 0 aliphatic rings. The topological polar surface area (TPSA) is 61.8 Å². The molecule has 0 fully saturated rings. The maximum atomic E-state index is 8.38. The molecule has 0 radical (unpaired) electrons. The molecule has 3 N–H and O–H groups in total. The van der Waals surface area contributed by atoms with Gasteiger partial charge < -0.3 is 10.9 Å². The van der Waals surface area contributed by atoms with Crippen LogP contribution in [0.1, 0.15) is 5.56 Å². The first-order valence-corrected chi connectivity index (χ1v) is 5.67. The van der Waals surface area contributed by atoms with Gasteiger partial charge in [0, 0.05) is 6.54 Å². The van der Waals surface area contributed by atoms with E-state index in [1.54, 1.807) is 11.3 Å². The molecule has 6 heteroatoms. The third-order valence-corrected chi connectivity index (χ3v) is 3.19. The Hall–Kier alpha value is -0.590. The minimum atomic E-state index is 0.224. The normalized spacial score (nSPS) is 12.4. The van der Waals surface area contributed by atoms with Crippen LogP contribution in [0.4, 0.5) is 0 Å².